The van der Waals surface area contributed by atoms with E-state index in [9.17, 15) is 4.79 Å². The maximum atomic E-state index is 11.5. The van der Waals surface area contributed by atoms with E-state index >= 15 is 0 Å². The maximum absolute atomic E-state index is 11.5. The monoisotopic (exact) mass is 311 g/mol. The molecule has 2 aromatic heterocycles. The minimum Gasteiger partial charge on any atom is -0.359 e. The third kappa shape index (κ3) is 3.83. The van der Waals surface area contributed by atoms with Crippen LogP contribution in [0.4, 0.5) is 5.82 Å². The van der Waals surface area contributed by atoms with Crippen LogP contribution in [-0.2, 0) is 4.79 Å². The number of hydrogen-bond donors (Lipinski definition) is 1. The topological polar surface area (TPSA) is 71.0 Å². The molecule has 1 aliphatic heterocycles. The molecule has 0 radical (unpaired) electrons. The molecule has 0 spiro atoms. The first kappa shape index (κ1) is 15.4. The van der Waals surface area contributed by atoms with Gasteiger partial charge in [0.1, 0.15) is 5.69 Å². The predicted octanol–water partition coefficient (Wildman–Crippen LogP) is 1.89. The van der Waals surface area contributed by atoms with E-state index in [1.807, 2.05) is 30.3 Å². The number of aromatic nitrogens is 3. The van der Waals surface area contributed by atoms with Gasteiger partial charge in [0.05, 0.1) is 5.69 Å². The first-order chi connectivity index (χ1) is 11.3. The van der Waals surface area contributed by atoms with Gasteiger partial charge < -0.3 is 10.2 Å². The van der Waals surface area contributed by atoms with Crippen LogP contribution < -0.4 is 10.2 Å². The van der Waals surface area contributed by atoms with E-state index in [1.165, 1.54) is 0 Å². The molecule has 0 aromatic carbocycles. The number of nitrogens with zero attached hydrogens (tertiary/aromatic N) is 4. The average Bonchev–Trinajstić information content (AvgIpc) is 2.63. The Morgan fingerprint density at radius 2 is 2.00 bits per heavy atom. The number of amides is 1. The predicted molar refractivity (Wildman–Crippen MR) is 88.9 cm³/mol. The molecule has 120 valence electrons. The fraction of sp³-hybridized carbons (Fsp3) is 0.412. The molecule has 23 heavy (non-hydrogen) atoms. The Kier molecular flexibility index (Phi) is 4.80. The van der Waals surface area contributed by atoms with Gasteiger partial charge in [0.25, 0.3) is 0 Å². The smallest absolute Gasteiger partial charge is 0.220 e. The summed E-state index contributed by atoms with van der Waals surface area (Å²) in [7, 11) is 1.69. The summed E-state index contributed by atoms with van der Waals surface area (Å²) < 4.78 is 0. The molecule has 6 nitrogen and oxygen atoms in total. The van der Waals surface area contributed by atoms with Crippen LogP contribution in [0.3, 0.4) is 0 Å². The molecule has 1 N–H and O–H groups in total. The quantitative estimate of drug-likeness (QED) is 0.933. The zero-order valence-corrected chi connectivity index (χ0v) is 13.3. The SMILES string of the molecule is CNC(=O)CC1CCN(c2ccc(-c3ccccn3)nn2)CC1. The summed E-state index contributed by atoms with van der Waals surface area (Å²) in [6.45, 7) is 1.83. The zero-order chi connectivity index (χ0) is 16.1. The Hall–Kier alpha value is -2.50. The van der Waals surface area contributed by atoms with Crippen LogP contribution in [0.2, 0.25) is 0 Å². The van der Waals surface area contributed by atoms with E-state index in [0.717, 1.165) is 43.1 Å². The molecule has 1 aliphatic rings. The summed E-state index contributed by atoms with van der Waals surface area (Å²) in [6, 6.07) is 9.70. The van der Waals surface area contributed by atoms with Gasteiger partial charge in [-0.05, 0) is 43.0 Å². The van der Waals surface area contributed by atoms with Gasteiger partial charge in [-0.1, -0.05) is 6.07 Å². The Morgan fingerprint density at radius 3 is 2.61 bits per heavy atom. The average molecular weight is 311 g/mol. The maximum Gasteiger partial charge on any atom is 0.220 e. The number of carbonyl (C=O) groups is 1. The third-order valence-corrected chi connectivity index (χ3v) is 4.27. The minimum absolute atomic E-state index is 0.128. The van der Waals surface area contributed by atoms with Crippen LogP contribution in [-0.4, -0.2) is 41.2 Å². The molecular formula is C17H21N5O. The van der Waals surface area contributed by atoms with E-state index in [4.69, 9.17) is 0 Å². The van der Waals surface area contributed by atoms with E-state index in [1.54, 1.807) is 13.2 Å². The van der Waals surface area contributed by atoms with Crippen LogP contribution >= 0.6 is 0 Å². The number of nitrogens with one attached hydrogen (secondary N) is 1. The van der Waals surface area contributed by atoms with Crippen molar-refractivity contribution in [2.75, 3.05) is 25.0 Å². The molecule has 1 saturated heterocycles. The molecule has 2 aromatic rings. The highest BCUT2D eigenvalue weighted by atomic mass is 16.1. The van der Waals surface area contributed by atoms with Crippen LogP contribution in [0.1, 0.15) is 19.3 Å². The van der Waals surface area contributed by atoms with Crippen LogP contribution in [0, 0.1) is 5.92 Å². The number of anilines is 1. The number of pyridine rings is 1. The van der Waals surface area contributed by atoms with E-state index in [-0.39, 0.29) is 5.91 Å². The second-order valence-corrected chi connectivity index (χ2v) is 5.80. The van der Waals surface area contributed by atoms with Gasteiger partial charge in [-0.25, -0.2) is 0 Å². The molecule has 1 amide bonds. The van der Waals surface area contributed by atoms with Crippen molar-refractivity contribution in [1.82, 2.24) is 20.5 Å². The third-order valence-electron chi connectivity index (χ3n) is 4.27. The van der Waals surface area contributed by atoms with Crippen LogP contribution in [0.25, 0.3) is 11.4 Å². The lowest BCUT2D eigenvalue weighted by atomic mass is 9.93. The highest BCUT2D eigenvalue weighted by Gasteiger charge is 2.22. The molecule has 3 heterocycles. The standard InChI is InChI=1S/C17H21N5O/c1-18-17(23)12-13-7-10-22(11-8-13)16-6-5-15(20-21-16)14-4-2-3-9-19-14/h2-6,9,13H,7-8,10-12H2,1H3,(H,18,23). The van der Waals surface area contributed by atoms with Gasteiger partial charge in [0, 0.05) is 32.8 Å². The largest absolute Gasteiger partial charge is 0.359 e. The lowest BCUT2D eigenvalue weighted by molar-refractivity contribution is -0.121. The first-order valence-corrected chi connectivity index (χ1v) is 7.97. The van der Waals surface area contributed by atoms with Gasteiger partial charge in [-0.3, -0.25) is 9.78 Å². The molecule has 0 atom stereocenters. The van der Waals surface area contributed by atoms with Gasteiger partial charge >= 0.3 is 0 Å². The Labute approximate surface area is 136 Å². The van der Waals surface area contributed by atoms with Gasteiger partial charge in [-0.15, -0.1) is 10.2 Å². The van der Waals surface area contributed by atoms with E-state index in [2.05, 4.69) is 25.4 Å². The second-order valence-electron chi connectivity index (χ2n) is 5.80. The molecule has 0 saturated carbocycles. The van der Waals surface area contributed by atoms with E-state index < -0.39 is 0 Å². The van der Waals surface area contributed by atoms with Crippen molar-refractivity contribution in [2.45, 2.75) is 19.3 Å². The van der Waals surface area contributed by atoms with Crippen molar-refractivity contribution < 1.29 is 4.79 Å². The summed E-state index contributed by atoms with van der Waals surface area (Å²) in [4.78, 5) is 18.0. The van der Waals surface area contributed by atoms with Crippen molar-refractivity contribution in [3.63, 3.8) is 0 Å². The molecule has 1 fully saturated rings. The second kappa shape index (κ2) is 7.17. The Balaban J connectivity index is 1.60. The minimum atomic E-state index is 0.128. The van der Waals surface area contributed by atoms with Crippen molar-refractivity contribution >= 4 is 11.7 Å². The Bertz CT molecular complexity index is 636. The lowest BCUT2D eigenvalue weighted by Crippen LogP contribution is -2.36. The van der Waals surface area contributed by atoms with Gasteiger partial charge in [0.2, 0.25) is 5.91 Å². The summed E-state index contributed by atoms with van der Waals surface area (Å²) in [5.41, 5.74) is 1.61. The molecule has 0 aliphatic carbocycles. The first-order valence-electron chi connectivity index (χ1n) is 7.97. The fourth-order valence-electron chi connectivity index (χ4n) is 2.88. The van der Waals surface area contributed by atoms with Crippen molar-refractivity contribution in [3.8, 4) is 11.4 Å². The number of carbonyl (C=O) groups excluding carboxylic acids is 1. The van der Waals surface area contributed by atoms with Crippen molar-refractivity contribution in [1.29, 1.82) is 0 Å². The molecule has 3 rings (SSSR count). The highest BCUT2D eigenvalue weighted by molar-refractivity contribution is 5.75. The van der Waals surface area contributed by atoms with Crippen molar-refractivity contribution in [2.24, 2.45) is 5.92 Å². The highest BCUT2D eigenvalue weighted by Crippen LogP contribution is 2.24. The zero-order valence-electron chi connectivity index (χ0n) is 13.3. The van der Waals surface area contributed by atoms with Crippen molar-refractivity contribution in [3.05, 3.63) is 36.5 Å². The normalized spacial score (nSPS) is 15.4. The number of rotatable bonds is 4. The molecular weight excluding hydrogens is 290 g/mol. The fourth-order valence-corrected chi connectivity index (χ4v) is 2.88. The lowest BCUT2D eigenvalue weighted by Gasteiger charge is -2.32. The van der Waals surface area contributed by atoms with Gasteiger partial charge in [0.15, 0.2) is 5.82 Å². The molecule has 0 unspecified atom stereocenters. The summed E-state index contributed by atoms with van der Waals surface area (Å²) in [6.07, 6.45) is 4.39. The Morgan fingerprint density at radius 1 is 1.17 bits per heavy atom. The molecule has 0 bridgehead atoms. The van der Waals surface area contributed by atoms with Crippen LogP contribution in [0.5, 0.6) is 0 Å². The van der Waals surface area contributed by atoms with Crippen LogP contribution in [0.15, 0.2) is 36.5 Å². The summed E-state index contributed by atoms with van der Waals surface area (Å²) in [5, 5.41) is 11.3. The summed E-state index contributed by atoms with van der Waals surface area (Å²) >= 11 is 0. The summed E-state index contributed by atoms with van der Waals surface area (Å²) in [5.74, 6) is 1.48. The van der Waals surface area contributed by atoms with E-state index in [0.29, 0.717) is 12.3 Å². The number of hydrogen-bond acceptors (Lipinski definition) is 5. The number of piperidine rings is 1. The molecule has 6 heteroatoms. The van der Waals surface area contributed by atoms with Gasteiger partial charge in [-0.2, -0.15) is 0 Å².